The van der Waals surface area contributed by atoms with Gasteiger partial charge in [0.05, 0.1) is 15.5 Å². The van der Waals surface area contributed by atoms with Crippen molar-refractivity contribution in [3.05, 3.63) is 50.7 Å². The van der Waals surface area contributed by atoms with E-state index in [9.17, 15) is 4.79 Å². The normalized spacial score (nSPS) is 15.0. The molecule has 0 spiro atoms. The first kappa shape index (κ1) is 18.4. The molecular weight excluding hydrogens is 374 g/mol. The molecule has 1 heterocycles. The number of hydrogen-bond donors (Lipinski definition) is 1. The van der Waals surface area contributed by atoms with E-state index in [1.165, 1.54) is 6.42 Å². The summed E-state index contributed by atoms with van der Waals surface area (Å²) in [4.78, 5) is 14.2. The molecule has 1 N–H and O–H groups in total. The number of thiophene rings is 1. The van der Waals surface area contributed by atoms with Gasteiger partial charge in [0.1, 0.15) is 11.1 Å². The fourth-order valence-corrected chi connectivity index (χ4v) is 4.39. The van der Waals surface area contributed by atoms with Crippen LogP contribution in [-0.4, -0.2) is 17.1 Å². The third kappa shape index (κ3) is 4.60. The summed E-state index contributed by atoms with van der Waals surface area (Å²) in [6.07, 6.45) is 5.31. The van der Waals surface area contributed by atoms with E-state index in [2.05, 4.69) is 5.32 Å². The molecule has 6 heteroatoms. The molecule has 1 aromatic heterocycles. The van der Waals surface area contributed by atoms with Gasteiger partial charge < -0.3 is 10.1 Å². The fraction of sp³-hybridized carbons (Fsp3) is 0.368. The first-order valence-electron chi connectivity index (χ1n) is 8.40. The Kier molecular flexibility index (Phi) is 6.10. The number of thiocarbonyl (C=S) groups is 1. The number of aryl methyl sites for hydroxylation is 1. The second kappa shape index (κ2) is 8.30. The molecule has 1 aliphatic rings. The Hall–Kier alpha value is -1.43. The number of hydrogen-bond acceptors (Lipinski definition) is 4. The number of ether oxygens (including phenoxy) is 1. The second-order valence-corrected chi connectivity index (χ2v) is 7.98. The van der Waals surface area contributed by atoms with Gasteiger partial charge in [0.25, 0.3) is 0 Å². The highest BCUT2D eigenvalue weighted by Crippen LogP contribution is 2.26. The van der Waals surface area contributed by atoms with Crippen LogP contribution in [0.15, 0.2) is 29.6 Å². The molecule has 0 atom stereocenters. The minimum atomic E-state index is -0.362. The number of carbonyl (C=O) groups excluding carboxylic acids is 1. The number of anilines is 1. The molecule has 0 aliphatic heterocycles. The molecule has 1 aromatic carbocycles. The van der Waals surface area contributed by atoms with Crippen LogP contribution in [0.1, 0.15) is 52.9 Å². The molecule has 0 saturated heterocycles. The Morgan fingerprint density at radius 1 is 1.28 bits per heavy atom. The van der Waals surface area contributed by atoms with E-state index in [1.807, 2.05) is 24.4 Å². The zero-order chi connectivity index (χ0) is 17.8. The third-order valence-corrected chi connectivity index (χ3v) is 6.14. The average Bonchev–Trinajstić information content (AvgIpc) is 3.03. The van der Waals surface area contributed by atoms with E-state index >= 15 is 0 Å². The molecule has 25 heavy (non-hydrogen) atoms. The number of halogens is 1. The number of rotatable bonds is 4. The molecule has 3 rings (SSSR count). The molecule has 2 aromatic rings. The molecule has 0 amide bonds. The number of carbonyl (C=O) groups is 1. The topological polar surface area (TPSA) is 38.3 Å². The van der Waals surface area contributed by atoms with E-state index in [4.69, 9.17) is 28.6 Å². The number of esters is 1. The van der Waals surface area contributed by atoms with Crippen molar-refractivity contribution in [2.75, 3.05) is 5.32 Å². The molecule has 0 radical (unpaired) electrons. The molecule has 1 aliphatic carbocycles. The van der Waals surface area contributed by atoms with Crippen molar-refractivity contribution in [3.8, 4) is 0 Å². The van der Waals surface area contributed by atoms with E-state index in [-0.39, 0.29) is 12.1 Å². The minimum absolute atomic E-state index is 0.00350. The van der Waals surface area contributed by atoms with Crippen LogP contribution in [0.25, 0.3) is 0 Å². The van der Waals surface area contributed by atoms with E-state index < -0.39 is 0 Å². The molecule has 0 bridgehead atoms. The molecular formula is C19H20ClNO2S2. The van der Waals surface area contributed by atoms with Crippen molar-refractivity contribution in [3.63, 3.8) is 0 Å². The Morgan fingerprint density at radius 2 is 2.04 bits per heavy atom. The predicted octanol–water partition coefficient (Wildman–Crippen LogP) is 5.99. The maximum atomic E-state index is 12.5. The van der Waals surface area contributed by atoms with Crippen LogP contribution in [0.3, 0.4) is 0 Å². The van der Waals surface area contributed by atoms with Gasteiger partial charge in [-0.2, -0.15) is 0 Å². The lowest BCUT2D eigenvalue weighted by Crippen LogP contribution is -2.21. The van der Waals surface area contributed by atoms with Gasteiger partial charge in [-0.15, -0.1) is 11.3 Å². The Morgan fingerprint density at radius 3 is 2.72 bits per heavy atom. The molecule has 1 saturated carbocycles. The quantitative estimate of drug-likeness (QED) is 0.511. The zero-order valence-electron chi connectivity index (χ0n) is 14.0. The second-order valence-electron chi connectivity index (χ2n) is 6.25. The van der Waals surface area contributed by atoms with Crippen molar-refractivity contribution in [1.29, 1.82) is 0 Å². The van der Waals surface area contributed by atoms with Crippen LogP contribution in [-0.2, 0) is 4.74 Å². The largest absolute Gasteiger partial charge is 0.459 e. The van der Waals surface area contributed by atoms with Gasteiger partial charge in [-0.3, -0.25) is 0 Å². The van der Waals surface area contributed by atoms with Gasteiger partial charge in [-0.25, -0.2) is 4.79 Å². The summed E-state index contributed by atoms with van der Waals surface area (Å²) in [6, 6.07) is 7.26. The molecule has 3 nitrogen and oxygen atoms in total. The highest BCUT2D eigenvalue weighted by atomic mass is 35.5. The maximum absolute atomic E-state index is 12.5. The van der Waals surface area contributed by atoms with Gasteiger partial charge >= 0.3 is 5.97 Å². The van der Waals surface area contributed by atoms with Crippen LogP contribution in [0, 0.1) is 6.92 Å². The maximum Gasteiger partial charge on any atom is 0.340 e. The van der Waals surface area contributed by atoms with Crippen molar-refractivity contribution >= 4 is 51.8 Å². The number of benzene rings is 1. The summed E-state index contributed by atoms with van der Waals surface area (Å²) in [5.74, 6) is -0.362. The summed E-state index contributed by atoms with van der Waals surface area (Å²) in [5, 5.41) is 5.59. The summed E-state index contributed by atoms with van der Waals surface area (Å²) >= 11 is 13.3. The lowest BCUT2D eigenvalue weighted by atomic mass is 9.98. The van der Waals surface area contributed by atoms with Crippen LogP contribution in [0.2, 0.25) is 5.02 Å². The van der Waals surface area contributed by atoms with Crippen LogP contribution < -0.4 is 5.32 Å². The van der Waals surface area contributed by atoms with Crippen molar-refractivity contribution in [1.82, 2.24) is 0 Å². The molecule has 1 fully saturated rings. The lowest BCUT2D eigenvalue weighted by molar-refractivity contribution is 0.0211. The van der Waals surface area contributed by atoms with Crippen molar-refractivity contribution in [2.45, 2.75) is 45.1 Å². The van der Waals surface area contributed by atoms with Crippen LogP contribution >= 0.6 is 35.2 Å². The molecule has 0 unspecified atom stereocenters. The fourth-order valence-electron chi connectivity index (χ4n) is 2.95. The standard InChI is InChI=1S/C19H20ClNO2S2/c1-12-9-10-25-17(12)18(24)21-13-7-8-16(20)15(11-13)19(22)23-14-5-3-2-4-6-14/h7-11,14H,2-6H2,1H3,(H,21,24). The van der Waals surface area contributed by atoms with Gasteiger partial charge in [-0.1, -0.05) is 30.2 Å². The van der Waals surface area contributed by atoms with Gasteiger partial charge in [0, 0.05) is 5.69 Å². The summed E-state index contributed by atoms with van der Waals surface area (Å²) < 4.78 is 5.63. The van der Waals surface area contributed by atoms with E-state index in [1.54, 1.807) is 23.5 Å². The monoisotopic (exact) mass is 393 g/mol. The average molecular weight is 394 g/mol. The highest BCUT2D eigenvalue weighted by molar-refractivity contribution is 7.81. The Balaban J connectivity index is 1.72. The van der Waals surface area contributed by atoms with Gasteiger partial charge in [-0.05, 0) is 67.8 Å². The van der Waals surface area contributed by atoms with Gasteiger partial charge in [0.2, 0.25) is 0 Å². The molecule has 132 valence electrons. The SMILES string of the molecule is Cc1ccsc1C(=S)Nc1ccc(Cl)c(C(=O)OC2CCCCC2)c1. The Labute approximate surface area is 162 Å². The van der Waals surface area contributed by atoms with Crippen molar-refractivity contribution in [2.24, 2.45) is 0 Å². The van der Waals surface area contributed by atoms with E-state index in [0.717, 1.165) is 41.8 Å². The first-order valence-corrected chi connectivity index (χ1v) is 10.1. The van der Waals surface area contributed by atoms with Crippen LogP contribution in [0.4, 0.5) is 5.69 Å². The first-order chi connectivity index (χ1) is 12.0. The third-order valence-electron chi connectivity index (χ3n) is 4.34. The summed E-state index contributed by atoms with van der Waals surface area (Å²) in [7, 11) is 0. The van der Waals surface area contributed by atoms with Crippen LogP contribution in [0.5, 0.6) is 0 Å². The lowest BCUT2D eigenvalue weighted by Gasteiger charge is -2.22. The number of nitrogens with one attached hydrogen (secondary N) is 1. The van der Waals surface area contributed by atoms with E-state index in [0.29, 0.717) is 15.6 Å². The minimum Gasteiger partial charge on any atom is -0.459 e. The Bertz CT molecular complexity index is 781. The zero-order valence-corrected chi connectivity index (χ0v) is 16.4. The summed E-state index contributed by atoms with van der Waals surface area (Å²) in [5.41, 5.74) is 2.24. The summed E-state index contributed by atoms with van der Waals surface area (Å²) in [6.45, 7) is 2.02. The van der Waals surface area contributed by atoms with Crippen molar-refractivity contribution < 1.29 is 9.53 Å². The smallest absolute Gasteiger partial charge is 0.340 e. The highest BCUT2D eigenvalue weighted by Gasteiger charge is 2.21. The predicted molar refractivity (Wildman–Crippen MR) is 108 cm³/mol. The van der Waals surface area contributed by atoms with Gasteiger partial charge in [0.15, 0.2) is 0 Å².